The molecule has 2 unspecified atom stereocenters. The van der Waals surface area contributed by atoms with Crippen LogP contribution in [0, 0.1) is 11.7 Å². The lowest BCUT2D eigenvalue weighted by atomic mass is 9.85. The van der Waals surface area contributed by atoms with Crippen molar-refractivity contribution in [2.45, 2.75) is 13.0 Å². The van der Waals surface area contributed by atoms with E-state index in [4.69, 9.17) is 23.7 Å². The van der Waals surface area contributed by atoms with Gasteiger partial charge in [0.2, 0.25) is 0 Å². The van der Waals surface area contributed by atoms with Gasteiger partial charge in [0.05, 0.1) is 6.61 Å². The molecule has 1 aliphatic carbocycles. The van der Waals surface area contributed by atoms with Crippen LogP contribution >= 0.6 is 0 Å². The maximum atomic E-state index is 14.5. The number of carbonyl (C=O) groups is 3. The zero-order valence-electron chi connectivity index (χ0n) is 19.4. The fourth-order valence-corrected chi connectivity index (χ4v) is 3.19. The third kappa shape index (κ3) is 8.08. The van der Waals surface area contributed by atoms with E-state index >= 15 is 0 Å². The van der Waals surface area contributed by atoms with Crippen molar-refractivity contribution in [2.75, 3.05) is 26.4 Å². The number of hydrogen-bond acceptors (Lipinski definition) is 8. The minimum absolute atomic E-state index is 0.00462. The average Bonchev–Trinajstić information content (AvgIpc) is 2.86. The molecule has 0 bridgehead atoms. The maximum absolute atomic E-state index is 14.5. The summed E-state index contributed by atoms with van der Waals surface area (Å²) in [5, 5.41) is 0. The van der Waals surface area contributed by atoms with Crippen LogP contribution in [0.5, 0.6) is 5.75 Å². The summed E-state index contributed by atoms with van der Waals surface area (Å²) < 4.78 is 41.0. The molecule has 0 radical (unpaired) electrons. The second kappa shape index (κ2) is 13.7. The van der Waals surface area contributed by atoms with Gasteiger partial charge >= 0.3 is 17.9 Å². The monoisotopic (exact) mass is 486 g/mol. The fourth-order valence-electron chi connectivity index (χ4n) is 3.19. The molecular formula is C26H27FO8. The van der Waals surface area contributed by atoms with Crippen LogP contribution in [0.3, 0.4) is 0 Å². The molecule has 0 saturated carbocycles. The minimum atomic E-state index is -0.768. The Bertz CT molecular complexity index is 1040. The minimum Gasteiger partial charge on any atom is -0.492 e. The van der Waals surface area contributed by atoms with Crippen LogP contribution in [0.15, 0.2) is 74.1 Å². The van der Waals surface area contributed by atoms with Gasteiger partial charge in [-0.15, -0.1) is 0 Å². The van der Waals surface area contributed by atoms with E-state index in [0.717, 1.165) is 23.8 Å². The van der Waals surface area contributed by atoms with E-state index in [-0.39, 0.29) is 38.1 Å². The van der Waals surface area contributed by atoms with Gasteiger partial charge in [0, 0.05) is 24.1 Å². The Balaban J connectivity index is 2.19. The number of ether oxygens (including phenoxy) is 5. The van der Waals surface area contributed by atoms with Gasteiger partial charge in [-0.25, -0.2) is 18.8 Å². The Morgan fingerprint density at radius 2 is 1.54 bits per heavy atom. The number of benzene rings is 1. The van der Waals surface area contributed by atoms with Crippen LogP contribution in [0.25, 0.3) is 5.57 Å². The van der Waals surface area contributed by atoms with E-state index < -0.39 is 29.8 Å². The lowest BCUT2D eigenvalue weighted by Crippen LogP contribution is -2.31. The number of carbonyl (C=O) groups excluding carboxylic acids is 3. The summed E-state index contributed by atoms with van der Waals surface area (Å²) in [6.07, 6.45) is 5.88. The number of halogens is 1. The first-order chi connectivity index (χ1) is 16.8. The van der Waals surface area contributed by atoms with E-state index in [9.17, 15) is 18.8 Å². The lowest BCUT2D eigenvalue weighted by Gasteiger charge is -2.31. The van der Waals surface area contributed by atoms with E-state index in [1.807, 2.05) is 6.92 Å². The summed E-state index contributed by atoms with van der Waals surface area (Å²) in [4.78, 5) is 33.8. The average molecular weight is 486 g/mol. The van der Waals surface area contributed by atoms with Crippen molar-refractivity contribution in [3.8, 4) is 5.75 Å². The normalized spacial score (nSPS) is 16.7. The number of allylic oxidation sites excluding steroid dienone is 2. The van der Waals surface area contributed by atoms with Gasteiger partial charge in [-0.05, 0) is 29.3 Å². The van der Waals surface area contributed by atoms with Crippen molar-refractivity contribution in [1.82, 2.24) is 0 Å². The quantitative estimate of drug-likeness (QED) is 0.180. The smallest absolute Gasteiger partial charge is 0.335 e. The number of esters is 3. The van der Waals surface area contributed by atoms with E-state index in [1.54, 1.807) is 18.2 Å². The second-order valence-electron chi connectivity index (χ2n) is 7.13. The zero-order valence-corrected chi connectivity index (χ0v) is 19.4. The summed E-state index contributed by atoms with van der Waals surface area (Å²) in [7, 11) is 0. The van der Waals surface area contributed by atoms with E-state index in [0.29, 0.717) is 11.3 Å². The Morgan fingerprint density at radius 1 is 0.914 bits per heavy atom. The number of hydrogen-bond donors (Lipinski definition) is 0. The second-order valence-corrected chi connectivity index (χ2v) is 7.13. The topological polar surface area (TPSA) is 97.4 Å². The van der Waals surface area contributed by atoms with Gasteiger partial charge in [-0.3, -0.25) is 0 Å². The molecular weight excluding hydrogens is 459 g/mol. The Kier molecular flexibility index (Phi) is 10.6. The molecule has 2 atom stereocenters. The van der Waals surface area contributed by atoms with Gasteiger partial charge in [0.25, 0.3) is 0 Å². The Hall–Kier alpha value is -3.98. The van der Waals surface area contributed by atoms with E-state index in [2.05, 4.69) is 19.7 Å². The molecule has 1 aliphatic rings. The molecule has 0 heterocycles. The molecule has 0 aromatic heterocycles. The third-order valence-corrected chi connectivity index (χ3v) is 4.85. The molecule has 1 aromatic rings. The molecule has 35 heavy (non-hydrogen) atoms. The maximum Gasteiger partial charge on any atom is 0.335 e. The third-order valence-electron chi connectivity index (χ3n) is 4.85. The van der Waals surface area contributed by atoms with Gasteiger partial charge in [0.1, 0.15) is 31.7 Å². The van der Waals surface area contributed by atoms with Gasteiger partial charge in [-0.2, -0.15) is 0 Å². The van der Waals surface area contributed by atoms with Crippen molar-refractivity contribution in [2.24, 2.45) is 5.92 Å². The van der Waals surface area contributed by atoms with Crippen molar-refractivity contribution >= 4 is 23.5 Å². The highest BCUT2D eigenvalue weighted by atomic mass is 19.1. The van der Waals surface area contributed by atoms with Crippen molar-refractivity contribution < 1.29 is 42.5 Å². The lowest BCUT2D eigenvalue weighted by molar-refractivity contribution is -0.141. The summed E-state index contributed by atoms with van der Waals surface area (Å²) in [5.74, 6) is -2.68. The molecule has 2 rings (SSSR count). The summed E-state index contributed by atoms with van der Waals surface area (Å²) in [6, 6.07) is 4.23. The van der Waals surface area contributed by atoms with Gasteiger partial charge < -0.3 is 23.7 Å². The number of rotatable bonds is 13. The van der Waals surface area contributed by atoms with Crippen LogP contribution < -0.4 is 4.74 Å². The molecule has 186 valence electrons. The van der Waals surface area contributed by atoms with Crippen molar-refractivity contribution in [3.05, 3.63) is 85.5 Å². The largest absolute Gasteiger partial charge is 0.492 e. The van der Waals surface area contributed by atoms with Crippen LogP contribution in [0.1, 0.15) is 12.5 Å². The predicted octanol–water partition coefficient (Wildman–Crippen LogP) is 3.69. The predicted molar refractivity (Wildman–Crippen MR) is 125 cm³/mol. The highest BCUT2D eigenvalue weighted by Gasteiger charge is 2.30. The summed E-state index contributed by atoms with van der Waals surface area (Å²) in [5.41, 5.74) is 1.29. The highest BCUT2D eigenvalue weighted by Crippen LogP contribution is 2.36. The molecule has 0 saturated heterocycles. The van der Waals surface area contributed by atoms with Crippen LogP contribution in [0.4, 0.5) is 4.39 Å². The first kappa shape index (κ1) is 27.3. The summed E-state index contributed by atoms with van der Waals surface area (Å²) >= 11 is 0. The molecule has 0 spiro atoms. The van der Waals surface area contributed by atoms with Crippen LogP contribution in [0.2, 0.25) is 0 Å². The molecule has 0 amide bonds. The Labute approximate surface area is 202 Å². The summed E-state index contributed by atoms with van der Waals surface area (Å²) in [6.45, 7) is 12.0. The standard InChI is InChI=1S/C26H27FO8/c1-5-23(28)32-13-12-31-22-11-9-19(17(4)26(22)34-15-14-33-24(29)6-2)18-8-10-21(20(27)16-18)35-25(30)7-3/h5-11,16-17,26H,1-3,12-15H2,4H3. The van der Waals surface area contributed by atoms with E-state index in [1.165, 1.54) is 12.1 Å². The van der Waals surface area contributed by atoms with Gasteiger partial charge in [0.15, 0.2) is 11.6 Å². The molecule has 0 N–H and O–H groups in total. The Morgan fingerprint density at radius 3 is 2.14 bits per heavy atom. The highest BCUT2D eigenvalue weighted by molar-refractivity contribution is 5.83. The molecule has 8 nitrogen and oxygen atoms in total. The fraction of sp³-hybridized carbons (Fsp3) is 0.269. The molecule has 9 heteroatoms. The zero-order chi connectivity index (χ0) is 25.8. The van der Waals surface area contributed by atoms with Crippen LogP contribution in [-0.4, -0.2) is 50.4 Å². The van der Waals surface area contributed by atoms with Gasteiger partial charge in [-0.1, -0.05) is 38.8 Å². The van der Waals surface area contributed by atoms with Crippen LogP contribution in [-0.2, 0) is 33.3 Å². The first-order valence-electron chi connectivity index (χ1n) is 10.7. The molecule has 0 fully saturated rings. The molecule has 0 aliphatic heterocycles. The molecule has 1 aromatic carbocycles. The SMILES string of the molecule is C=CC(=O)OCCOC1=CC=C(c2ccc(OC(=O)C=C)c(F)c2)C(C)C1OCCOC(=O)C=C. The van der Waals surface area contributed by atoms with Crippen molar-refractivity contribution in [3.63, 3.8) is 0 Å². The first-order valence-corrected chi connectivity index (χ1v) is 10.7. The van der Waals surface area contributed by atoms with Crippen molar-refractivity contribution in [1.29, 1.82) is 0 Å².